The molecule has 27 heavy (non-hydrogen) atoms. The fourth-order valence-corrected chi connectivity index (χ4v) is 3.40. The Morgan fingerprint density at radius 3 is 2.63 bits per heavy atom. The predicted octanol–water partition coefficient (Wildman–Crippen LogP) is 1.48. The van der Waals surface area contributed by atoms with Crippen LogP contribution in [0.5, 0.6) is 0 Å². The number of nitrogens with one attached hydrogen (secondary N) is 2. The SMILES string of the molecule is O=c1[nH]c2ccccc2n1Cc1nc2ccccc2n1CCc1nn[nH]n1. The molecule has 2 N–H and O–H groups in total. The summed E-state index contributed by atoms with van der Waals surface area (Å²) in [6.07, 6.45) is 0.618. The molecule has 0 radical (unpaired) electrons. The summed E-state index contributed by atoms with van der Waals surface area (Å²) in [6.45, 7) is 1.02. The second-order valence-electron chi connectivity index (χ2n) is 6.28. The van der Waals surface area contributed by atoms with Crippen LogP contribution in [0.2, 0.25) is 0 Å². The van der Waals surface area contributed by atoms with E-state index in [1.807, 2.05) is 48.5 Å². The number of hydrogen-bond donors (Lipinski definition) is 2. The lowest BCUT2D eigenvalue weighted by molar-refractivity contribution is 0.622. The first-order valence-corrected chi connectivity index (χ1v) is 8.63. The Morgan fingerprint density at radius 2 is 1.78 bits per heavy atom. The van der Waals surface area contributed by atoms with Gasteiger partial charge in [0, 0.05) is 13.0 Å². The second kappa shape index (κ2) is 6.20. The largest absolute Gasteiger partial charge is 0.326 e. The van der Waals surface area contributed by atoms with Gasteiger partial charge in [0.15, 0.2) is 5.82 Å². The van der Waals surface area contributed by atoms with E-state index in [2.05, 4.69) is 30.2 Å². The number of imidazole rings is 2. The molecule has 0 atom stereocenters. The topological polar surface area (TPSA) is 110 Å². The minimum atomic E-state index is -0.145. The number of H-pyrrole nitrogens is 2. The molecule has 9 nitrogen and oxygen atoms in total. The van der Waals surface area contributed by atoms with Gasteiger partial charge in [-0.05, 0) is 24.3 Å². The molecule has 0 unspecified atom stereocenters. The zero-order valence-corrected chi connectivity index (χ0v) is 14.3. The van der Waals surface area contributed by atoms with Crippen molar-refractivity contribution in [2.24, 2.45) is 0 Å². The first-order chi connectivity index (χ1) is 13.3. The predicted molar refractivity (Wildman–Crippen MR) is 99.3 cm³/mol. The molecule has 0 aliphatic rings. The summed E-state index contributed by atoms with van der Waals surface area (Å²) in [6, 6.07) is 15.6. The van der Waals surface area contributed by atoms with Gasteiger partial charge in [-0.2, -0.15) is 5.21 Å². The second-order valence-corrected chi connectivity index (χ2v) is 6.28. The molecule has 134 valence electrons. The summed E-state index contributed by atoms with van der Waals surface area (Å²) in [5, 5.41) is 14.1. The van der Waals surface area contributed by atoms with Crippen LogP contribution in [0.3, 0.4) is 0 Å². The highest BCUT2D eigenvalue weighted by atomic mass is 16.1. The quantitative estimate of drug-likeness (QED) is 0.493. The third-order valence-electron chi connectivity index (χ3n) is 4.66. The zero-order valence-electron chi connectivity index (χ0n) is 14.3. The molecule has 0 fully saturated rings. The van der Waals surface area contributed by atoms with Gasteiger partial charge in [-0.15, -0.1) is 10.2 Å². The van der Waals surface area contributed by atoms with E-state index in [1.165, 1.54) is 0 Å². The molecule has 5 rings (SSSR count). The Morgan fingerprint density at radius 1 is 0.963 bits per heavy atom. The van der Waals surface area contributed by atoms with Crippen LogP contribution in [0.25, 0.3) is 22.1 Å². The third-order valence-corrected chi connectivity index (χ3v) is 4.66. The number of para-hydroxylation sites is 4. The number of aromatic amines is 2. The molecule has 0 saturated carbocycles. The van der Waals surface area contributed by atoms with Crippen LogP contribution in [0.1, 0.15) is 11.6 Å². The molecule has 0 saturated heterocycles. The minimum absolute atomic E-state index is 0.145. The van der Waals surface area contributed by atoms with E-state index in [-0.39, 0.29) is 5.69 Å². The van der Waals surface area contributed by atoms with Crippen LogP contribution >= 0.6 is 0 Å². The molecule has 3 heterocycles. The van der Waals surface area contributed by atoms with Crippen molar-refractivity contribution in [3.63, 3.8) is 0 Å². The minimum Gasteiger partial charge on any atom is -0.326 e. The van der Waals surface area contributed by atoms with Gasteiger partial charge in [-0.3, -0.25) is 4.57 Å². The summed E-state index contributed by atoms with van der Waals surface area (Å²) in [5.74, 6) is 1.45. The van der Waals surface area contributed by atoms with E-state index in [0.29, 0.717) is 25.3 Å². The van der Waals surface area contributed by atoms with Crippen LogP contribution in [0.15, 0.2) is 53.3 Å². The summed E-state index contributed by atoms with van der Waals surface area (Å²) in [4.78, 5) is 20.1. The molecule has 0 aliphatic carbocycles. The molecular formula is C18H16N8O. The lowest BCUT2D eigenvalue weighted by atomic mass is 10.3. The van der Waals surface area contributed by atoms with E-state index in [9.17, 15) is 4.79 Å². The highest BCUT2D eigenvalue weighted by Crippen LogP contribution is 2.18. The van der Waals surface area contributed by atoms with E-state index >= 15 is 0 Å². The highest BCUT2D eigenvalue weighted by Gasteiger charge is 2.14. The van der Waals surface area contributed by atoms with Gasteiger partial charge in [0.25, 0.3) is 0 Å². The van der Waals surface area contributed by atoms with Gasteiger partial charge >= 0.3 is 5.69 Å². The molecule has 0 aliphatic heterocycles. The van der Waals surface area contributed by atoms with Crippen molar-refractivity contribution >= 4 is 22.1 Å². The van der Waals surface area contributed by atoms with E-state index in [4.69, 9.17) is 4.98 Å². The maximum atomic E-state index is 12.5. The van der Waals surface area contributed by atoms with Gasteiger partial charge in [0.1, 0.15) is 5.82 Å². The molecule has 0 spiro atoms. The first kappa shape index (κ1) is 15.5. The van der Waals surface area contributed by atoms with Crippen LogP contribution < -0.4 is 5.69 Å². The highest BCUT2D eigenvalue weighted by molar-refractivity contribution is 5.77. The monoisotopic (exact) mass is 360 g/mol. The normalized spacial score (nSPS) is 11.6. The van der Waals surface area contributed by atoms with Crippen LogP contribution in [-0.4, -0.2) is 39.7 Å². The standard InChI is InChI=1S/C18H16N8O/c27-18-20-13-6-2-4-8-15(13)26(18)11-17-19-12-5-1-3-7-14(12)25(17)10-9-16-21-23-24-22-16/h1-8H,9-11H2,(H,20,27)(H,21,22,23,24). The van der Waals surface area contributed by atoms with E-state index in [0.717, 1.165) is 27.9 Å². The average Bonchev–Trinajstić information content (AvgIpc) is 3.39. The number of rotatable bonds is 5. The van der Waals surface area contributed by atoms with Crippen molar-refractivity contribution in [1.82, 2.24) is 39.7 Å². The van der Waals surface area contributed by atoms with Crippen molar-refractivity contribution in [3.05, 3.63) is 70.7 Å². The van der Waals surface area contributed by atoms with Crippen LogP contribution in [0.4, 0.5) is 0 Å². The van der Waals surface area contributed by atoms with Crippen molar-refractivity contribution < 1.29 is 0 Å². The number of benzene rings is 2. The van der Waals surface area contributed by atoms with Crippen LogP contribution in [0, 0.1) is 0 Å². The molecule has 0 bridgehead atoms. The fourth-order valence-electron chi connectivity index (χ4n) is 3.40. The molecule has 3 aromatic heterocycles. The number of tetrazole rings is 1. The molecule has 5 aromatic rings. The van der Waals surface area contributed by atoms with Gasteiger partial charge in [-0.1, -0.05) is 29.5 Å². The zero-order chi connectivity index (χ0) is 18.2. The number of aryl methyl sites for hydroxylation is 2. The van der Waals surface area contributed by atoms with Gasteiger partial charge in [0.2, 0.25) is 0 Å². The molecule has 2 aromatic carbocycles. The van der Waals surface area contributed by atoms with Crippen LogP contribution in [-0.2, 0) is 19.5 Å². The first-order valence-electron chi connectivity index (χ1n) is 8.63. The Labute approximate surface area is 152 Å². The summed E-state index contributed by atoms with van der Waals surface area (Å²) >= 11 is 0. The van der Waals surface area contributed by atoms with E-state index in [1.54, 1.807) is 4.57 Å². The van der Waals surface area contributed by atoms with Gasteiger partial charge in [-0.25, -0.2) is 9.78 Å². The lowest BCUT2D eigenvalue weighted by Gasteiger charge is -2.09. The van der Waals surface area contributed by atoms with Gasteiger partial charge < -0.3 is 9.55 Å². The fraction of sp³-hybridized carbons (Fsp3) is 0.167. The number of hydrogen-bond acceptors (Lipinski definition) is 5. The van der Waals surface area contributed by atoms with Crippen molar-refractivity contribution in [2.75, 3.05) is 0 Å². The molecule has 0 amide bonds. The Balaban J connectivity index is 1.58. The Kier molecular flexibility index (Phi) is 3.56. The van der Waals surface area contributed by atoms with Crippen molar-refractivity contribution in [3.8, 4) is 0 Å². The smallest absolute Gasteiger partial charge is 0.326 e. The molecule has 9 heteroatoms. The lowest BCUT2D eigenvalue weighted by Crippen LogP contribution is -2.20. The number of nitrogens with zero attached hydrogens (tertiary/aromatic N) is 6. The third kappa shape index (κ3) is 2.69. The number of aromatic nitrogens is 8. The summed E-state index contributed by atoms with van der Waals surface area (Å²) < 4.78 is 3.82. The summed E-state index contributed by atoms with van der Waals surface area (Å²) in [7, 11) is 0. The Bertz CT molecular complexity index is 1280. The number of fused-ring (bicyclic) bond motifs is 2. The maximum absolute atomic E-state index is 12.5. The van der Waals surface area contributed by atoms with E-state index < -0.39 is 0 Å². The average molecular weight is 360 g/mol. The Hall–Kier alpha value is -3.75. The maximum Gasteiger partial charge on any atom is 0.326 e. The van der Waals surface area contributed by atoms with Gasteiger partial charge in [0.05, 0.1) is 28.6 Å². The summed E-state index contributed by atoms with van der Waals surface area (Å²) in [5.41, 5.74) is 3.45. The van der Waals surface area contributed by atoms with Crippen molar-refractivity contribution in [2.45, 2.75) is 19.5 Å². The molecular weight excluding hydrogens is 344 g/mol. The van der Waals surface area contributed by atoms with Crippen molar-refractivity contribution in [1.29, 1.82) is 0 Å².